The number of aryl methyl sites for hydroxylation is 1. The summed E-state index contributed by atoms with van der Waals surface area (Å²) >= 11 is 0. The fraction of sp³-hybridized carbons (Fsp3) is 0.529. The maximum atomic E-state index is 11.8. The fourth-order valence-electron chi connectivity index (χ4n) is 2.23. The van der Waals surface area contributed by atoms with Crippen LogP contribution < -0.4 is 10.9 Å². The Labute approximate surface area is 141 Å². The minimum Gasteiger partial charge on any atom is -0.456 e. The van der Waals surface area contributed by atoms with E-state index in [9.17, 15) is 14.4 Å². The maximum absolute atomic E-state index is 11.8. The zero-order valence-corrected chi connectivity index (χ0v) is 14.5. The molecule has 1 aromatic rings. The molecule has 0 aliphatic heterocycles. The molecule has 0 atom stereocenters. The van der Waals surface area contributed by atoms with Gasteiger partial charge >= 0.3 is 5.97 Å². The molecule has 0 aliphatic carbocycles. The van der Waals surface area contributed by atoms with Gasteiger partial charge in [-0.05, 0) is 37.3 Å². The van der Waals surface area contributed by atoms with E-state index in [1.54, 1.807) is 13.8 Å². The van der Waals surface area contributed by atoms with Gasteiger partial charge in [0.15, 0.2) is 6.61 Å². The summed E-state index contributed by atoms with van der Waals surface area (Å²) in [6.45, 7) is 7.56. The number of aromatic nitrogens is 1. The van der Waals surface area contributed by atoms with Gasteiger partial charge in [0, 0.05) is 18.7 Å². The van der Waals surface area contributed by atoms with E-state index in [0.717, 1.165) is 5.56 Å². The molecule has 1 rings (SSSR count). The molecule has 0 unspecified atom stereocenters. The van der Waals surface area contributed by atoms with Crippen molar-refractivity contribution in [1.82, 2.24) is 10.3 Å². The summed E-state index contributed by atoms with van der Waals surface area (Å²) in [5, 5.41) is 11.7. The molecular formula is C17H23N3O4. The molecule has 130 valence electrons. The lowest BCUT2D eigenvalue weighted by Crippen LogP contribution is -2.31. The number of pyridine rings is 1. The number of amides is 1. The van der Waals surface area contributed by atoms with E-state index in [1.165, 1.54) is 0 Å². The van der Waals surface area contributed by atoms with Gasteiger partial charge in [-0.3, -0.25) is 14.4 Å². The molecule has 0 spiro atoms. The van der Waals surface area contributed by atoms with E-state index in [2.05, 4.69) is 10.3 Å². The van der Waals surface area contributed by atoms with Crippen LogP contribution in [0.25, 0.3) is 0 Å². The van der Waals surface area contributed by atoms with Crippen LogP contribution in [0.2, 0.25) is 0 Å². The standard InChI is InChI=1S/C17H23N3O4/c1-10(2)8-19-15(21)9-24-16(22)6-5-13-11(3)14(7-18)17(23)20-12(13)4/h10H,5-6,8-9H2,1-4H3,(H,19,21)(H,20,23). The van der Waals surface area contributed by atoms with Crippen LogP contribution in [-0.2, 0) is 20.7 Å². The Morgan fingerprint density at radius 1 is 1.33 bits per heavy atom. The molecule has 1 heterocycles. The number of hydrogen-bond donors (Lipinski definition) is 2. The number of aromatic amines is 1. The zero-order valence-electron chi connectivity index (χ0n) is 14.5. The number of hydrogen-bond acceptors (Lipinski definition) is 5. The highest BCUT2D eigenvalue weighted by Crippen LogP contribution is 2.15. The molecule has 24 heavy (non-hydrogen) atoms. The fourth-order valence-corrected chi connectivity index (χ4v) is 2.23. The Balaban J connectivity index is 2.58. The van der Waals surface area contributed by atoms with E-state index in [0.29, 0.717) is 30.1 Å². The Morgan fingerprint density at radius 3 is 2.58 bits per heavy atom. The summed E-state index contributed by atoms with van der Waals surface area (Å²) in [6, 6.07) is 1.87. The van der Waals surface area contributed by atoms with Crippen molar-refractivity contribution < 1.29 is 14.3 Å². The second-order valence-corrected chi connectivity index (χ2v) is 6.03. The molecule has 1 amide bonds. The van der Waals surface area contributed by atoms with Crippen molar-refractivity contribution in [1.29, 1.82) is 5.26 Å². The average Bonchev–Trinajstić information content (AvgIpc) is 2.50. The van der Waals surface area contributed by atoms with Crippen LogP contribution >= 0.6 is 0 Å². The highest BCUT2D eigenvalue weighted by atomic mass is 16.5. The molecule has 0 saturated carbocycles. The van der Waals surface area contributed by atoms with Gasteiger partial charge in [0.05, 0.1) is 0 Å². The number of H-pyrrole nitrogens is 1. The van der Waals surface area contributed by atoms with E-state index < -0.39 is 11.5 Å². The van der Waals surface area contributed by atoms with Gasteiger partial charge in [0.2, 0.25) is 0 Å². The van der Waals surface area contributed by atoms with Gasteiger partial charge in [0.1, 0.15) is 11.6 Å². The Bertz CT molecular complexity index is 714. The molecule has 0 aromatic carbocycles. The highest BCUT2D eigenvalue weighted by molar-refractivity contribution is 5.80. The lowest BCUT2D eigenvalue weighted by atomic mass is 9.99. The van der Waals surface area contributed by atoms with E-state index in [1.807, 2.05) is 19.9 Å². The van der Waals surface area contributed by atoms with Crippen LogP contribution in [0, 0.1) is 31.1 Å². The molecule has 0 aliphatic rings. The Morgan fingerprint density at radius 2 is 2.00 bits per heavy atom. The average molecular weight is 333 g/mol. The number of rotatable bonds is 7. The second-order valence-electron chi connectivity index (χ2n) is 6.03. The van der Waals surface area contributed by atoms with Gasteiger partial charge in [0.25, 0.3) is 11.5 Å². The monoisotopic (exact) mass is 333 g/mol. The molecule has 0 bridgehead atoms. The van der Waals surface area contributed by atoms with Crippen molar-refractivity contribution in [3.8, 4) is 6.07 Å². The summed E-state index contributed by atoms with van der Waals surface area (Å²) < 4.78 is 4.93. The molecule has 2 N–H and O–H groups in total. The smallest absolute Gasteiger partial charge is 0.306 e. The predicted octanol–water partition coefficient (Wildman–Crippen LogP) is 1.11. The maximum Gasteiger partial charge on any atom is 0.306 e. The first-order valence-electron chi connectivity index (χ1n) is 7.81. The zero-order chi connectivity index (χ0) is 18.3. The number of carbonyl (C=O) groups is 2. The highest BCUT2D eigenvalue weighted by Gasteiger charge is 2.14. The number of nitriles is 1. The van der Waals surface area contributed by atoms with Gasteiger partial charge in [-0.15, -0.1) is 0 Å². The van der Waals surface area contributed by atoms with Crippen molar-refractivity contribution in [3.63, 3.8) is 0 Å². The minimum atomic E-state index is -0.502. The quantitative estimate of drug-likeness (QED) is 0.726. The van der Waals surface area contributed by atoms with Crippen molar-refractivity contribution >= 4 is 11.9 Å². The van der Waals surface area contributed by atoms with Crippen LogP contribution in [0.5, 0.6) is 0 Å². The first-order valence-corrected chi connectivity index (χ1v) is 7.81. The van der Waals surface area contributed by atoms with Crippen molar-refractivity contribution in [2.24, 2.45) is 5.92 Å². The summed E-state index contributed by atoms with van der Waals surface area (Å²) in [5.41, 5.74) is 1.56. The number of nitrogens with one attached hydrogen (secondary N) is 2. The largest absolute Gasteiger partial charge is 0.456 e. The molecular weight excluding hydrogens is 310 g/mol. The molecule has 0 saturated heterocycles. The third-order valence-electron chi connectivity index (χ3n) is 3.57. The molecule has 7 heteroatoms. The number of esters is 1. The SMILES string of the molecule is Cc1[nH]c(=O)c(C#N)c(C)c1CCC(=O)OCC(=O)NCC(C)C. The summed E-state index contributed by atoms with van der Waals surface area (Å²) in [7, 11) is 0. The molecule has 0 fully saturated rings. The number of nitrogens with zero attached hydrogens (tertiary/aromatic N) is 1. The lowest BCUT2D eigenvalue weighted by Gasteiger charge is -2.11. The molecule has 1 aromatic heterocycles. The van der Waals surface area contributed by atoms with E-state index in [-0.39, 0.29) is 24.5 Å². The third-order valence-corrected chi connectivity index (χ3v) is 3.57. The Hall–Kier alpha value is -2.62. The summed E-state index contributed by atoms with van der Waals surface area (Å²) in [5.74, 6) is -0.511. The van der Waals surface area contributed by atoms with Crippen LogP contribution in [0.4, 0.5) is 0 Å². The van der Waals surface area contributed by atoms with Gasteiger partial charge < -0.3 is 15.0 Å². The lowest BCUT2D eigenvalue weighted by molar-refractivity contribution is -0.148. The topological polar surface area (TPSA) is 112 Å². The van der Waals surface area contributed by atoms with Crippen molar-refractivity contribution in [2.75, 3.05) is 13.2 Å². The van der Waals surface area contributed by atoms with Crippen LogP contribution in [0.15, 0.2) is 4.79 Å². The van der Waals surface area contributed by atoms with Crippen LogP contribution in [-0.4, -0.2) is 30.0 Å². The van der Waals surface area contributed by atoms with Crippen LogP contribution in [0.3, 0.4) is 0 Å². The first-order chi connectivity index (χ1) is 11.3. The van der Waals surface area contributed by atoms with Crippen LogP contribution in [0.1, 0.15) is 42.7 Å². The van der Waals surface area contributed by atoms with Gasteiger partial charge in [-0.1, -0.05) is 13.8 Å². The van der Waals surface area contributed by atoms with Gasteiger partial charge in [-0.25, -0.2) is 0 Å². The normalized spacial score (nSPS) is 10.3. The van der Waals surface area contributed by atoms with Crippen molar-refractivity contribution in [2.45, 2.75) is 40.5 Å². The number of ether oxygens (including phenoxy) is 1. The van der Waals surface area contributed by atoms with Gasteiger partial charge in [-0.2, -0.15) is 5.26 Å². The van der Waals surface area contributed by atoms with E-state index >= 15 is 0 Å². The number of carbonyl (C=O) groups excluding carboxylic acids is 2. The molecule has 0 radical (unpaired) electrons. The minimum absolute atomic E-state index is 0.0528. The summed E-state index contributed by atoms with van der Waals surface area (Å²) in [6.07, 6.45) is 0.394. The Kier molecular flexibility index (Phi) is 7.18. The van der Waals surface area contributed by atoms with Crippen molar-refractivity contribution in [3.05, 3.63) is 32.7 Å². The first kappa shape index (κ1) is 19.4. The third kappa shape index (κ3) is 5.54. The van der Waals surface area contributed by atoms with E-state index in [4.69, 9.17) is 10.00 Å². The summed E-state index contributed by atoms with van der Waals surface area (Å²) in [4.78, 5) is 37.5. The molecule has 7 nitrogen and oxygen atoms in total. The second kappa shape index (κ2) is 8.87. The predicted molar refractivity (Wildman–Crippen MR) is 88.4 cm³/mol.